The van der Waals surface area contributed by atoms with Crippen LogP contribution in [0.2, 0.25) is 0 Å². The molecule has 1 saturated heterocycles. The molecule has 1 fully saturated rings. The summed E-state index contributed by atoms with van der Waals surface area (Å²) < 4.78 is 32.0. The fourth-order valence-corrected chi connectivity index (χ4v) is 4.23. The van der Waals surface area contributed by atoms with Gasteiger partial charge in [0.2, 0.25) is 10.0 Å². The Bertz CT molecular complexity index is 925. The molecule has 7 nitrogen and oxygen atoms in total. The van der Waals surface area contributed by atoms with Gasteiger partial charge in [-0.2, -0.15) is 0 Å². The number of ether oxygens (including phenoxy) is 1. The van der Waals surface area contributed by atoms with E-state index in [1.807, 2.05) is 24.3 Å². The lowest BCUT2D eigenvalue weighted by molar-refractivity contribution is 0.102. The molecule has 0 bridgehead atoms. The molecule has 0 atom stereocenters. The van der Waals surface area contributed by atoms with Crippen molar-refractivity contribution in [3.05, 3.63) is 54.1 Å². The number of sulfonamides is 1. The summed E-state index contributed by atoms with van der Waals surface area (Å²) in [6, 6.07) is 13.7. The highest BCUT2D eigenvalue weighted by Gasteiger charge is 2.19. The van der Waals surface area contributed by atoms with Crippen molar-refractivity contribution in [2.45, 2.75) is 17.7 Å². The maximum Gasteiger partial charge on any atom is 0.255 e. The lowest BCUT2D eigenvalue weighted by Gasteiger charge is -2.21. The predicted octanol–water partition coefficient (Wildman–Crippen LogP) is 2.46. The number of benzene rings is 2. The smallest absolute Gasteiger partial charge is 0.255 e. The molecule has 0 spiro atoms. The van der Waals surface area contributed by atoms with E-state index in [1.54, 1.807) is 12.1 Å². The lowest BCUT2D eigenvalue weighted by Crippen LogP contribution is -2.27. The number of carbonyl (C=O) groups is 1. The highest BCUT2D eigenvalue weighted by molar-refractivity contribution is 7.89. The Kier molecular flexibility index (Phi) is 6.66. The van der Waals surface area contributed by atoms with Crippen LogP contribution < -0.4 is 14.9 Å². The minimum absolute atomic E-state index is 0.0454. The predicted molar refractivity (Wildman–Crippen MR) is 109 cm³/mol. The molecule has 0 radical (unpaired) electrons. The summed E-state index contributed by atoms with van der Waals surface area (Å²) in [7, 11) is -2.20. The Morgan fingerprint density at radius 3 is 2.61 bits per heavy atom. The third-order valence-electron chi connectivity index (χ3n) is 4.60. The van der Waals surface area contributed by atoms with Gasteiger partial charge in [-0.1, -0.05) is 18.2 Å². The van der Waals surface area contributed by atoms with Gasteiger partial charge in [0, 0.05) is 32.3 Å². The van der Waals surface area contributed by atoms with Crippen molar-refractivity contribution in [1.82, 2.24) is 4.72 Å². The largest absolute Gasteiger partial charge is 0.383 e. The van der Waals surface area contributed by atoms with Crippen molar-refractivity contribution in [3.63, 3.8) is 0 Å². The summed E-state index contributed by atoms with van der Waals surface area (Å²) in [6.07, 6.45) is 2.27. The molecule has 2 N–H and O–H groups in total. The first-order valence-corrected chi connectivity index (χ1v) is 10.7. The molecule has 0 unspecified atom stereocenters. The van der Waals surface area contributed by atoms with E-state index in [4.69, 9.17) is 4.74 Å². The first-order chi connectivity index (χ1) is 13.5. The molecular formula is C20H25N3O4S. The van der Waals surface area contributed by atoms with E-state index in [-0.39, 0.29) is 29.5 Å². The SMILES string of the molecule is COCCNS(=O)(=O)c1cccc(C(=O)Nc2ccccc2N2CCCC2)c1. The van der Waals surface area contributed by atoms with Crippen molar-refractivity contribution in [1.29, 1.82) is 0 Å². The van der Waals surface area contributed by atoms with Crippen LogP contribution in [0.15, 0.2) is 53.4 Å². The zero-order valence-corrected chi connectivity index (χ0v) is 16.7. The molecule has 0 saturated carbocycles. The van der Waals surface area contributed by atoms with E-state index in [2.05, 4.69) is 14.9 Å². The monoisotopic (exact) mass is 403 g/mol. The number of hydrogen-bond acceptors (Lipinski definition) is 5. The summed E-state index contributed by atoms with van der Waals surface area (Å²) in [5.41, 5.74) is 1.99. The van der Waals surface area contributed by atoms with Crippen LogP contribution in [0, 0.1) is 0 Å². The van der Waals surface area contributed by atoms with Crippen LogP contribution in [0.1, 0.15) is 23.2 Å². The molecule has 1 heterocycles. The van der Waals surface area contributed by atoms with Gasteiger partial charge in [0.25, 0.3) is 5.91 Å². The van der Waals surface area contributed by atoms with E-state index in [0.29, 0.717) is 0 Å². The van der Waals surface area contributed by atoms with E-state index in [1.165, 1.54) is 19.2 Å². The Morgan fingerprint density at radius 2 is 1.86 bits per heavy atom. The molecule has 1 aliphatic rings. The number of amides is 1. The third-order valence-corrected chi connectivity index (χ3v) is 6.06. The highest BCUT2D eigenvalue weighted by Crippen LogP contribution is 2.29. The van der Waals surface area contributed by atoms with Crippen LogP contribution in [0.4, 0.5) is 11.4 Å². The summed E-state index contributed by atoms with van der Waals surface area (Å²) >= 11 is 0. The van der Waals surface area contributed by atoms with Gasteiger partial charge >= 0.3 is 0 Å². The Balaban J connectivity index is 1.77. The van der Waals surface area contributed by atoms with Crippen molar-refractivity contribution in [3.8, 4) is 0 Å². The van der Waals surface area contributed by atoms with Gasteiger partial charge in [-0.15, -0.1) is 0 Å². The van der Waals surface area contributed by atoms with Crippen LogP contribution in [0.5, 0.6) is 0 Å². The molecule has 28 heavy (non-hydrogen) atoms. The Labute approximate surface area is 165 Å². The number of rotatable bonds is 8. The van der Waals surface area contributed by atoms with Gasteiger partial charge in [-0.05, 0) is 43.2 Å². The van der Waals surface area contributed by atoms with Crippen LogP contribution in [0.3, 0.4) is 0 Å². The number of nitrogens with zero attached hydrogens (tertiary/aromatic N) is 1. The van der Waals surface area contributed by atoms with Crippen molar-refractivity contribution in [2.24, 2.45) is 0 Å². The molecule has 0 aliphatic carbocycles. The van der Waals surface area contributed by atoms with E-state index >= 15 is 0 Å². The van der Waals surface area contributed by atoms with Gasteiger partial charge in [-0.25, -0.2) is 13.1 Å². The maximum atomic E-state index is 12.8. The minimum atomic E-state index is -3.70. The van der Waals surface area contributed by atoms with Crippen LogP contribution >= 0.6 is 0 Å². The van der Waals surface area contributed by atoms with Crippen LogP contribution in [-0.2, 0) is 14.8 Å². The number of anilines is 2. The molecule has 3 rings (SSSR count). The number of carbonyl (C=O) groups excluding carboxylic acids is 1. The second-order valence-corrected chi connectivity index (χ2v) is 8.35. The first kappa shape index (κ1) is 20.3. The summed E-state index contributed by atoms with van der Waals surface area (Å²) in [5.74, 6) is -0.347. The van der Waals surface area contributed by atoms with Crippen molar-refractivity contribution in [2.75, 3.05) is 43.6 Å². The number of methoxy groups -OCH3 is 1. The molecular weight excluding hydrogens is 378 g/mol. The maximum absolute atomic E-state index is 12.8. The van der Waals surface area contributed by atoms with Crippen molar-refractivity contribution < 1.29 is 17.9 Å². The summed E-state index contributed by atoms with van der Waals surface area (Å²) in [5, 5.41) is 2.92. The average Bonchev–Trinajstić information content (AvgIpc) is 3.23. The van der Waals surface area contributed by atoms with Gasteiger partial charge in [0.05, 0.1) is 22.9 Å². The number of hydrogen-bond donors (Lipinski definition) is 2. The topological polar surface area (TPSA) is 87.7 Å². The molecule has 1 amide bonds. The fraction of sp³-hybridized carbons (Fsp3) is 0.350. The summed E-state index contributed by atoms with van der Waals surface area (Å²) in [6.45, 7) is 2.37. The van der Waals surface area contributed by atoms with Gasteiger partial charge in [0.1, 0.15) is 0 Å². The van der Waals surface area contributed by atoms with Crippen molar-refractivity contribution >= 4 is 27.3 Å². The number of nitrogens with one attached hydrogen (secondary N) is 2. The Morgan fingerprint density at radius 1 is 1.11 bits per heavy atom. The minimum Gasteiger partial charge on any atom is -0.383 e. The van der Waals surface area contributed by atoms with Crippen LogP contribution in [-0.4, -0.2) is 47.7 Å². The Hall–Kier alpha value is -2.42. The molecule has 1 aliphatic heterocycles. The van der Waals surface area contributed by atoms with Gasteiger partial charge < -0.3 is 15.0 Å². The normalized spacial score (nSPS) is 14.2. The standard InChI is InChI=1S/C20H25N3O4S/c1-27-14-11-21-28(25,26)17-8-6-7-16(15-17)20(24)22-18-9-2-3-10-19(18)23-12-4-5-13-23/h2-3,6-10,15,21H,4-5,11-14H2,1H3,(H,22,24). The van der Waals surface area contributed by atoms with Gasteiger partial charge in [0.15, 0.2) is 0 Å². The van der Waals surface area contributed by atoms with Gasteiger partial charge in [-0.3, -0.25) is 4.79 Å². The lowest BCUT2D eigenvalue weighted by atomic mass is 10.2. The number of para-hydroxylation sites is 2. The highest BCUT2D eigenvalue weighted by atomic mass is 32.2. The first-order valence-electron chi connectivity index (χ1n) is 9.25. The average molecular weight is 404 g/mol. The molecule has 2 aromatic carbocycles. The molecule has 8 heteroatoms. The van der Waals surface area contributed by atoms with E-state index in [0.717, 1.165) is 37.3 Å². The fourth-order valence-electron chi connectivity index (χ4n) is 3.17. The third kappa shape index (κ3) is 4.89. The zero-order chi connectivity index (χ0) is 20.0. The zero-order valence-electron chi connectivity index (χ0n) is 15.8. The quantitative estimate of drug-likeness (QED) is 0.661. The molecule has 0 aromatic heterocycles. The second-order valence-electron chi connectivity index (χ2n) is 6.58. The van der Waals surface area contributed by atoms with Crippen LogP contribution in [0.25, 0.3) is 0 Å². The molecule has 2 aromatic rings. The van der Waals surface area contributed by atoms with E-state index < -0.39 is 10.0 Å². The summed E-state index contributed by atoms with van der Waals surface area (Å²) in [4.78, 5) is 15.0. The van der Waals surface area contributed by atoms with E-state index in [9.17, 15) is 13.2 Å². The second kappa shape index (κ2) is 9.18. The molecule has 150 valence electrons.